The zero-order chi connectivity index (χ0) is 20.1. The third-order valence-corrected chi connectivity index (χ3v) is 6.51. The van der Waals surface area contributed by atoms with Crippen molar-refractivity contribution in [2.45, 2.75) is 38.9 Å². The summed E-state index contributed by atoms with van der Waals surface area (Å²) in [5.74, 6) is 1.03. The van der Waals surface area contributed by atoms with Crippen molar-refractivity contribution >= 4 is 34.7 Å². The summed E-state index contributed by atoms with van der Waals surface area (Å²) >= 11 is 3.09. The average molecular weight is 413 g/mol. The maximum Gasteiger partial charge on any atom is 0.234 e. The second kappa shape index (κ2) is 9.21. The third-order valence-electron chi connectivity index (χ3n) is 4.53. The Hall–Kier alpha value is -2.38. The van der Waals surface area contributed by atoms with Gasteiger partial charge < -0.3 is 5.32 Å². The van der Waals surface area contributed by atoms with Crippen molar-refractivity contribution in [2.24, 2.45) is 0 Å². The molecule has 0 aliphatic carbocycles. The molecule has 0 atom stereocenters. The van der Waals surface area contributed by atoms with E-state index in [9.17, 15) is 4.79 Å². The van der Waals surface area contributed by atoms with Crippen LogP contribution in [0.2, 0.25) is 0 Å². The van der Waals surface area contributed by atoms with E-state index in [4.69, 9.17) is 0 Å². The van der Waals surface area contributed by atoms with E-state index in [2.05, 4.69) is 48.2 Å². The molecule has 0 aliphatic rings. The molecule has 28 heavy (non-hydrogen) atoms. The van der Waals surface area contributed by atoms with Gasteiger partial charge in [0, 0.05) is 28.1 Å². The van der Waals surface area contributed by atoms with Gasteiger partial charge >= 0.3 is 0 Å². The quantitative estimate of drug-likeness (QED) is 0.413. The summed E-state index contributed by atoms with van der Waals surface area (Å²) in [5.41, 5.74) is 4.36. The molecule has 0 fully saturated rings. The van der Waals surface area contributed by atoms with Crippen LogP contribution in [0.3, 0.4) is 0 Å². The Kier molecular flexibility index (Phi) is 6.70. The predicted octanol–water partition coefficient (Wildman–Crippen LogP) is 5.10. The van der Waals surface area contributed by atoms with Gasteiger partial charge in [0.25, 0.3) is 0 Å². The molecular formula is C21H24N4OS2. The summed E-state index contributed by atoms with van der Waals surface area (Å²) in [5, 5.41) is 14.4. The number of hydrogen-bond acceptors (Lipinski definition) is 5. The molecule has 0 saturated heterocycles. The predicted molar refractivity (Wildman–Crippen MR) is 118 cm³/mol. The van der Waals surface area contributed by atoms with E-state index in [-0.39, 0.29) is 11.7 Å². The summed E-state index contributed by atoms with van der Waals surface area (Å²) in [7, 11) is 0. The molecule has 3 rings (SSSR count). The van der Waals surface area contributed by atoms with Crippen LogP contribution in [0.1, 0.15) is 22.9 Å². The van der Waals surface area contributed by atoms with E-state index < -0.39 is 0 Å². The molecule has 146 valence electrons. The number of amides is 1. The van der Waals surface area contributed by atoms with Crippen LogP contribution in [-0.4, -0.2) is 26.4 Å². The van der Waals surface area contributed by atoms with E-state index in [0.29, 0.717) is 6.54 Å². The van der Waals surface area contributed by atoms with E-state index in [1.54, 1.807) is 11.3 Å². The fraction of sp³-hybridized carbons (Fsp3) is 0.286. The highest BCUT2D eigenvalue weighted by Crippen LogP contribution is 2.31. The largest absolute Gasteiger partial charge is 0.325 e. The van der Waals surface area contributed by atoms with Crippen LogP contribution < -0.4 is 5.32 Å². The minimum Gasteiger partial charge on any atom is -0.325 e. The molecule has 2 heterocycles. The van der Waals surface area contributed by atoms with Crippen LogP contribution in [-0.2, 0) is 17.8 Å². The first-order valence-electron chi connectivity index (χ1n) is 9.14. The van der Waals surface area contributed by atoms with Gasteiger partial charge in [-0.25, -0.2) is 0 Å². The number of anilines is 1. The number of aryl methyl sites for hydroxylation is 2. The van der Waals surface area contributed by atoms with Gasteiger partial charge in [-0.2, -0.15) is 0 Å². The zero-order valence-electron chi connectivity index (χ0n) is 16.4. The molecule has 1 N–H and O–H groups in total. The Balaban J connectivity index is 1.70. The van der Waals surface area contributed by atoms with Gasteiger partial charge in [0.05, 0.1) is 5.75 Å². The van der Waals surface area contributed by atoms with Crippen LogP contribution in [0, 0.1) is 13.8 Å². The second-order valence-corrected chi connectivity index (χ2v) is 8.45. The molecule has 3 aromatic rings. The van der Waals surface area contributed by atoms with Gasteiger partial charge in [-0.3, -0.25) is 9.36 Å². The molecule has 0 bridgehead atoms. The van der Waals surface area contributed by atoms with Gasteiger partial charge in [0.1, 0.15) is 0 Å². The number of allylic oxidation sites excluding steroid dienone is 1. The van der Waals surface area contributed by atoms with Crippen molar-refractivity contribution < 1.29 is 4.79 Å². The van der Waals surface area contributed by atoms with Crippen LogP contribution in [0.25, 0.3) is 11.4 Å². The van der Waals surface area contributed by atoms with Crippen LogP contribution in [0.15, 0.2) is 47.5 Å². The Morgan fingerprint density at radius 1 is 1.29 bits per heavy atom. The zero-order valence-corrected chi connectivity index (χ0v) is 18.0. The number of nitrogens with one attached hydrogen (secondary N) is 1. The van der Waals surface area contributed by atoms with Crippen molar-refractivity contribution in [1.29, 1.82) is 0 Å². The molecule has 5 nitrogen and oxygen atoms in total. The maximum atomic E-state index is 12.3. The van der Waals surface area contributed by atoms with Crippen molar-refractivity contribution in [2.75, 3.05) is 11.1 Å². The lowest BCUT2D eigenvalue weighted by molar-refractivity contribution is -0.113. The molecule has 0 saturated carbocycles. The fourth-order valence-corrected chi connectivity index (χ4v) is 4.38. The lowest BCUT2D eigenvalue weighted by atomic mass is 10.1. The first-order chi connectivity index (χ1) is 13.5. The fourth-order valence-electron chi connectivity index (χ4n) is 2.77. The number of aromatic nitrogens is 3. The lowest BCUT2D eigenvalue weighted by Gasteiger charge is -2.08. The highest BCUT2D eigenvalue weighted by Gasteiger charge is 2.18. The average Bonchev–Trinajstić information content (AvgIpc) is 3.24. The number of benzene rings is 1. The number of thiophene rings is 1. The summed E-state index contributed by atoms with van der Waals surface area (Å²) < 4.78 is 2.01. The molecule has 0 unspecified atom stereocenters. The number of hydrogen-bond donors (Lipinski definition) is 1. The monoisotopic (exact) mass is 412 g/mol. The number of rotatable bonds is 8. The molecule has 0 radical (unpaired) electrons. The summed E-state index contributed by atoms with van der Waals surface area (Å²) in [6.07, 6.45) is 2.80. The van der Waals surface area contributed by atoms with E-state index in [1.807, 2.05) is 34.9 Å². The highest BCUT2D eigenvalue weighted by atomic mass is 32.2. The first-order valence-corrected chi connectivity index (χ1v) is 11.0. The van der Waals surface area contributed by atoms with E-state index in [0.717, 1.165) is 28.7 Å². The molecule has 0 aliphatic heterocycles. The number of thioether (sulfide) groups is 1. The Bertz CT molecular complexity index is 973. The normalized spacial score (nSPS) is 10.8. The van der Waals surface area contributed by atoms with Gasteiger partial charge in [-0.1, -0.05) is 36.9 Å². The molecule has 7 heteroatoms. The smallest absolute Gasteiger partial charge is 0.234 e. The number of carbonyl (C=O) groups excluding carboxylic acids is 1. The van der Waals surface area contributed by atoms with Gasteiger partial charge in [0.15, 0.2) is 11.0 Å². The third kappa shape index (κ3) is 4.54. The molecule has 1 amide bonds. The minimum absolute atomic E-state index is 0.0634. The molecule has 2 aromatic heterocycles. The molecular weight excluding hydrogens is 388 g/mol. The van der Waals surface area contributed by atoms with E-state index in [1.165, 1.54) is 27.8 Å². The maximum absolute atomic E-state index is 12.3. The van der Waals surface area contributed by atoms with Crippen LogP contribution >= 0.6 is 23.1 Å². The van der Waals surface area contributed by atoms with Gasteiger partial charge in [-0.05, 0) is 43.5 Å². The van der Waals surface area contributed by atoms with Crippen molar-refractivity contribution in [3.63, 3.8) is 0 Å². The minimum atomic E-state index is -0.0634. The highest BCUT2D eigenvalue weighted by molar-refractivity contribution is 7.99. The molecule has 0 spiro atoms. The summed E-state index contributed by atoms with van der Waals surface area (Å²) in [4.78, 5) is 13.6. The SMILES string of the molecule is C=CCn1c(SCC(=O)Nc2ccc(CC)cc2)nnc1-c1csc(C)c1C. The van der Waals surface area contributed by atoms with E-state index >= 15 is 0 Å². The summed E-state index contributed by atoms with van der Waals surface area (Å²) in [6, 6.07) is 7.92. The first kappa shape index (κ1) is 20.4. The second-order valence-electron chi connectivity index (χ2n) is 6.42. The van der Waals surface area contributed by atoms with Crippen molar-refractivity contribution in [3.8, 4) is 11.4 Å². The number of nitrogens with zero attached hydrogens (tertiary/aromatic N) is 3. The lowest BCUT2D eigenvalue weighted by Crippen LogP contribution is -2.14. The van der Waals surface area contributed by atoms with Crippen LogP contribution in [0.4, 0.5) is 5.69 Å². The standard InChI is InChI=1S/C21H24N4OS2/c1-5-11-25-20(18-12-27-15(4)14(18)3)23-24-21(25)28-13-19(26)22-17-9-7-16(6-2)8-10-17/h5,7-10,12H,1,6,11,13H2,2-4H3,(H,22,26). The van der Waals surface area contributed by atoms with Gasteiger partial charge in [-0.15, -0.1) is 28.1 Å². The van der Waals surface area contributed by atoms with Gasteiger partial charge in [0.2, 0.25) is 5.91 Å². The molecule has 1 aromatic carbocycles. The number of carbonyl (C=O) groups is 1. The van der Waals surface area contributed by atoms with Crippen molar-refractivity contribution in [3.05, 3.63) is 58.3 Å². The Morgan fingerprint density at radius 3 is 2.64 bits per heavy atom. The Morgan fingerprint density at radius 2 is 2.04 bits per heavy atom. The summed E-state index contributed by atoms with van der Waals surface area (Å²) in [6.45, 7) is 10.7. The van der Waals surface area contributed by atoms with Crippen molar-refractivity contribution in [1.82, 2.24) is 14.8 Å². The van der Waals surface area contributed by atoms with Crippen LogP contribution in [0.5, 0.6) is 0 Å². The topological polar surface area (TPSA) is 59.8 Å². The Labute approximate surface area is 173 Å².